The van der Waals surface area contributed by atoms with Gasteiger partial charge in [0.05, 0.1) is 0 Å². The molecular formula is C19H20I2. The van der Waals surface area contributed by atoms with E-state index in [0.29, 0.717) is 11.8 Å². The van der Waals surface area contributed by atoms with Gasteiger partial charge in [0.2, 0.25) is 0 Å². The fraction of sp³-hybridized carbons (Fsp3) is 0.368. The van der Waals surface area contributed by atoms with Crippen LogP contribution in [0.5, 0.6) is 0 Å². The molecule has 0 N–H and O–H groups in total. The van der Waals surface area contributed by atoms with Gasteiger partial charge >= 0.3 is 0 Å². The SMILES string of the molecule is CC(C)C1(C(C)C)c2cc(I)ccc2-c2ccc(I)cc21. The first kappa shape index (κ1) is 15.8. The van der Waals surface area contributed by atoms with Crippen LogP contribution in [0.4, 0.5) is 0 Å². The van der Waals surface area contributed by atoms with Crippen molar-refractivity contribution in [3.05, 3.63) is 54.7 Å². The highest BCUT2D eigenvalue weighted by Crippen LogP contribution is 2.56. The Hall–Kier alpha value is -0.100. The monoisotopic (exact) mass is 502 g/mol. The number of hydrogen-bond donors (Lipinski definition) is 0. The molecule has 3 rings (SSSR count). The van der Waals surface area contributed by atoms with Crippen molar-refractivity contribution in [3.63, 3.8) is 0 Å². The molecule has 0 atom stereocenters. The van der Waals surface area contributed by atoms with Crippen LogP contribution < -0.4 is 0 Å². The average Bonchev–Trinajstić information content (AvgIpc) is 2.67. The summed E-state index contributed by atoms with van der Waals surface area (Å²) in [4.78, 5) is 0. The van der Waals surface area contributed by atoms with Crippen molar-refractivity contribution in [1.82, 2.24) is 0 Å². The summed E-state index contributed by atoms with van der Waals surface area (Å²) >= 11 is 4.88. The molecule has 0 heterocycles. The first-order valence-corrected chi connectivity index (χ1v) is 9.65. The second-order valence-electron chi connectivity index (χ2n) is 6.56. The van der Waals surface area contributed by atoms with E-state index in [-0.39, 0.29) is 5.41 Å². The molecule has 0 radical (unpaired) electrons. The second kappa shape index (κ2) is 5.52. The van der Waals surface area contributed by atoms with Crippen LogP contribution in [0.3, 0.4) is 0 Å². The van der Waals surface area contributed by atoms with Crippen molar-refractivity contribution >= 4 is 45.2 Å². The molecule has 0 unspecified atom stereocenters. The van der Waals surface area contributed by atoms with E-state index in [2.05, 4.69) is 109 Å². The van der Waals surface area contributed by atoms with Gasteiger partial charge in [-0.05, 0) is 104 Å². The molecule has 0 aromatic heterocycles. The number of benzene rings is 2. The number of rotatable bonds is 2. The molecule has 0 aliphatic heterocycles. The van der Waals surface area contributed by atoms with Gasteiger partial charge in [-0.25, -0.2) is 0 Å². The van der Waals surface area contributed by atoms with E-state index < -0.39 is 0 Å². The van der Waals surface area contributed by atoms with Gasteiger partial charge in [0.15, 0.2) is 0 Å². The van der Waals surface area contributed by atoms with Gasteiger partial charge in [-0.3, -0.25) is 0 Å². The lowest BCUT2D eigenvalue weighted by molar-refractivity contribution is 0.280. The summed E-state index contributed by atoms with van der Waals surface area (Å²) in [5, 5.41) is 0. The lowest BCUT2D eigenvalue weighted by Gasteiger charge is -2.40. The van der Waals surface area contributed by atoms with Crippen molar-refractivity contribution in [3.8, 4) is 11.1 Å². The minimum Gasteiger partial charge on any atom is -0.0616 e. The Morgan fingerprint density at radius 2 is 1.10 bits per heavy atom. The van der Waals surface area contributed by atoms with E-state index in [1.807, 2.05) is 0 Å². The lowest BCUT2D eigenvalue weighted by atomic mass is 9.63. The van der Waals surface area contributed by atoms with Crippen LogP contribution in [0.15, 0.2) is 36.4 Å². The molecular weight excluding hydrogens is 482 g/mol. The zero-order chi connectivity index (χ0) is 15.4. The van der Waals surface area contributed by atoms with Crippen molar-refractivity contribution in [2.45, 2.75) is 33.1 Å². The molecule has 0 saturated carbocycles. The maximum absolute atomic E-state index is 2.44. The predicted molar refractivity (Wildman–Crippen MR) is 108 cm³/mol. The van der Waals surface area contributed by atoms with Gasteiger partial charge in [-0.1, -0.05) is 39.8 Å². The van der Waals surface area contributed by atoms with Crippen LogP contribution in [0.1, 0.15) is 38.8 Å². The minimum atomic E-state index is 0.132. The largest absolute Gasteiger partial charge is 0.0616 e. The number of hydrogen-bond acceptors (Lipinski definition) is 0. The molecule has 21 heavy (non-hydrogen) atoms. The molecule has 0 spiro atoms. The Balaban J connectivity index is 2.44. The number of fused-ring (bicyclic) bond motifs is 3. The zero-order valence-electron chi connectivity index (χ0n) is 12.9. The van der Waals surface area contributed by atoms with E-state index in [4.69, 9.17) is 0 Å². The molecule has 0 saturated heterocycles. The van der Waals surface area contributed by atoms with Gasteiger partial charge in [0, 0.05) is 12.6 Å². The third-order valence-corrected chi connectivity index (χ3v) is 6.31. The highest BCUT2D eigenvalue weighted by atomic mass is 127. The van der Waals surface area contributed by atoms with Gasteiger partial charge < -0.3 is 0 Å². The highest BCUT2D eigenvalue weighted by molar-refractivity contribution is 14.1. The van der Waals surface area contributed by atoms with E-state index in [9.17, 15) is 0 Å². The summed E-state index contributed by atoms with van der Waals surface area (Å²) < 4.78 is 2.67. The second-order valence-corrected chi connectivity index (χ2v) is 9.05. The molecule has 0 bridgehead atoms. The lowest BCUT2D eigenvalue weighted by Crippen LogP contribution is -2.37. The third kappa shape index (κ3) is 2.19. The Labute approximate surface area is 155 Å². The Kier molecular flexibility index (Phi) is 4.15. The van der Waals surface area contributed by atoms with Crippen LogP contribution in [0.2, 0.25) is 0 Å². The zero-order valence-corrected chi connectivity index (χ0v) is 17.2. The first-order valence-electron chi connectivity index (χ1n) is 7.49. The molecule has 2 aromatic carbocycles. The quantitative estimate of drug-likeness (QED) is 0.413. The smallest absolute Gasteiger partial charge is 0.0261 e. The van der Waals surface area contributed by atoms with Crippen LogP contribution >= 0.6 is 45.2 Å². The standard InChI is InChI=1S/C19H20I2/c1-11(2)19(12(3)4)17-9-13(20)5-7-15(17)16-8-6-14(21)10-18(16)19/h5-12H,1-4H3. The van der Waals surface area contributed by atoms with Gasteiger partial charge in [0.1, 0.15) is 0 Å². The molecule has 0 fully saturated rings. The Morgan fingerprint density at radius 3 is 1.43 bits per heavy atom. The average molecular weight is 502 g/mol. The summed E-state index contributed by atoms with van der Waals surface area (Å²) in [7, 11) is 0. The molecule has 1 aliphatic rings. The summed E-state index contributed by atoms with van der Waals surface area (Å²) in [6.45, 7) is 9.49. The third-order valence-electron chi connectivity index (χ3n) is 4.97. The molecule has 1 aliphatic carbocycles. The maximum Gasteiger partial charge on any atom is 0.0261 e. The maximum atomic E-state index is 2.44. The van der Waals surface area contributed by atoms with E-state index in [1.54, 1.807) is 0 Å². The summed E-state index contributed by atoms with van der Waals surface area (Å²) in [5.74, 6) is 1.16. The molecule has 0 amide bonds. The Bertz CT molecular complexity index is 637. The van der Waals surface area contributed by atoms with Crippen LogP contribution in [0, 0.1) is 19.0 Å². The molecule has 0 nitrogen and oxygen atoms in total. The summed E-state index contributed by atoms with van der Waals surface area (Å²) in [6.07, 6.45) is 0. The number of halogens is 2. The van der Waals surface area contributed by atoms with Crippen LogP contribution in [-0.4, -0.2) is 0 Å². The highest BCUT2D eigenvalue weighted by Gasteiger charge is 2.47. The van der Waals surface area contributed by atoms with Gasteiger partial charge in [0.25, 0.3) is 0 Å². The van der Waals surface area contributed by atoms with E-state index in [1.165, 1.54) is 29.4 Å². The summed E-state index contributed by atoms with van der Waals surface area (Å²) in [5.41, 5.74) is 6.05. The van der Waals surface area contributed by atoms with E-state index in [0.717, 1.165) is 0 Å². The molecule has 2 aromatic rings. The normalized spacial score (nSPS) is 15.4. The minimum absolute atomic E-state index is 0.132. The topological polar surface area (TPSA) is 0 Å². The van der Waals surface area contributed by atoms with Crippen molar-refractivity contribution in [2.24, 2.45) is 11.8 Å². The van der Waals surface area contributed by atoms with Gasteiger partial charge in [-0.2, -0.15) is 0 Å². The summed E-state index contributed by atoms with van der Waals surface area (Å²) in [6, 6.07) is 13.9. The molecule has 110 valence electrons. The van der Waals surface area contributed by atoms with Crippen molar-refractivity contribution < 1.29 is 0 Å². The predicted octanol–water partition coefficient (Wildman–Crippen LogP) is 6.47. The first-order chi connectivity index (χ1) is 9.88. The van der Waals surface area contributed by atoms with E-state index >= 15 is 0 Å². The van der Waals surface area contributed by atoms with Crippen molar-refractivity contribution in [2.75, 3.05) is 0 Å². The fourth-order valence-corrected chi connectivity index (χ4v) is 5.23. The van der Waals surface area contributed by atoms with Crippen molar-refractivity contribution in [1.29, 1.82) is 0 Å². The van der Waals surface area contributed by atoms with Gasteiger partial charge in [-0.15, -0.1) is 0 Å². The van der Waals surface area contributed by atoms with Crippen LogP contribution in [-0.2, 0) is 5.41 Å². The fourth-order valence-electron chi connectivity index (χ4n) is 4.24. The van der Waals surface area contributed by atoms with Crippen LogP contribution in [0.25, 0.3) is 11.1 Å². The Morgan fingerprint density at radius 1 is 0.714 bits per heavy atom. The molecule has 2 heteroatoms.